The summed E-state index contributed by atoms with van der Waals surface area (Å²) in [6.45, 7) is 4.02. The summed E-state index contributed by atoms with van der Waals surface area (Å²) >= 11 is 0. The highest BCUT2D eigenvalue weighted by Gasteiger charge is 2.19. The molecule has 3 nitrogen and oxygen atoms in total. The first-order valence-electron chi connectivity index (χ1n) is 6.66. The lowest BCUT2D eigenvalue weighted by Crippen LogP contribution is -2.34. The monoisotopic (exact) mass is 275 g/mol. The van der Waals surface area contributed by atoms with Crippen LogP contribution in [0, 0.1) is 5.82 Å². The number of hydrogen-bond donors (Lipinski definition) is 0. The molecule has 1 aromatic heterocycles. The van der Waals surface area contributed by atoms with Gasteiger partial charge in [-0.15, -0.1) is 0 Å². The van der Waals surface area contributed by atoms with E-state index in [-0.39, 0.29) is 17.8 Å². The van der Waals surface area contributed by atoms with Crippen molar-refractivity contribution in [1.29, 1.82) is 0 Å². The Morgan fingerprint density at radius 2 is 1.90 bits per heavy atom. The first-order chi connectivity index (χ1) is 9.52. The zero-order valence-electron chi connectivity index (χ0n) is 11.9. The van der Waals surface area contributed by atoms with Crippen LogP contribution in [0.5, 0.6) is 0 Å². The summed E-state index contributed by atoms with van der Waals surface area (Å²) in [6.07, 6.45) is 0.883. The van der Waals surface area contributed by atoms with Crippen molar-refractivity contribution < 1.29 is 13.6 Å². The Morgan fingerprint density at radius 1 is 1.25 bits per heavy atom. The predicted molar refractivity (Wildman–Crippen MR) is 75.9 cm³/mol. The van der Waals surface area contributed by atoms with Gasteiger partial charge in [-0.2, -0.15) is 0 Å². The molecule has 0 saturated carbocycles. The van der Waals surface area contributed by atoms with Gasteiger partial charge in [-0.3, -0.25) is 4.79 Å². The minimum absolute atomic E-state index is 0.146. The third kappa shape index (κ3) is 2.90. The normalized spacial score (nSPS) is 12.2. The minimum Gasteiger partial charge on any atom is -0.451 e. The summed E-state index contributed by atoms with van der Waals surface area (Å²) in [5.41, 5.74) is 0.747. The number of amides is 1. The molecule has 0 bridgehead atoms. The lowest BCUT2D eigenvalue weighted by Gasteiger charge is -2.22. The van der Waals surface area contributed by atoms with Gasteiger partial charge >= 0.3 is 0 Å². The Morgan fingerprint density at radius 3 is 2.50 bits per heavy atom. The summed E-state index contributed by atoms with van der Waals surface area (Å²) in [5, 5.41) is 0. The zero-order chi connectivity index (χ0) is 14.7. The number of carbonyl (C=O) groups is 1. The molecule has 0 aliphatic heterocycles. The number of rotatable bonds is 4. The van der Waals surface area contributed by atoms with Crippen LogP contribution in [0.2, 0.25) is 0 Å². The highest BCUT2D eigenvalue weighted by molar-refractivity contribution is 5.92. The number of halogens is 1. The fourth-order valence-electron chi connectivity index (χ4n) is 1.87. The number of hydrogen-bond acceptors (Lipinski definition) is 2. The van der Waals surface area contributed by atoms with Crippen LogP contribution in [0.15, 0.2) is 40.8 Å². The molecule has 0 saturated heterocycles. The fraction of sp³-hybridized carbons (Fsp3) is 0.312. The predicted octanol–water partition coefficient (Wildman–Crippen LogP) is 3.96. The van der Waals surface area contributed by atoms with Crippen molar-refractivity contribution in [1.82, 2.24) is 4.90 Å². The highest BCUT2D eigenvalue weighted by Crippen LogP contribution is 2.23. The molecular formula is C16H18FNO2. The molecule has 1 unspecified atom stereocenters. The highest BCUT2D eigenvalue weighted by atomic mass is 19.1. The second-order valence-corrected chi connectivity index (χ2v) is 4.84. The molecule has 0 N–H and O–H groups in total. The molecule has 4 heteroatoms. The van der Waals surface area contributed by atoms with E-state index in [0.29, 0.717) is 11.5 Å². The maximum atomic E-state index is 12.9. The van der Waals surface area contributed by atoms with Crippen LogP contribution in [0.1, 0.15) is 30.8 Å². The van der Waals surface area contributed by atoms with E-state index in [9.17, 15) is 9.18 Å². The van der Waals surface area contributed by atoms with Gasteiger partial charge in [-0.05, 0) is 49.7 Å². The van der Waals surface area contributed by atoms with Crippen molar-refractivity contribution in [2.24, 2.45) is 0 Å². The van der Waals surface area contributed by atoms with E-state index in [0.717, 1.165) is 12.0 Å². The summed E-state index contributed by atoms with van der Waals surface area (Å²) in [6, 6.07) is 9.52. The molecule has 20 heavy (non-hydrogen) atoms. The van der Waals surface area contributed by atoms with Gasteiger partial charge in [0.1, 0.15) is 11.6 Å². The third-order valence-corrected chi connectivity index (χ3v) is 3.52. The van der Waals surface area contributed by atoms with Crippen molar-refractivity contribution in [2.45, 2.75) is 26.3 Å². The standard InChI is InChI=1S/C16H18FNO2/c1-4-11(2)18(3)16(19)15-10-9-14(20-15)12-5-7-13(17)8-6-12/h5-11H,4H2,1-3H3. The summed E-state index contributed by atoms with van der Waals surface area (Å²) in [4.78, 5) is 13.9. The first kappa shape index (κ1) is 14.3. The van der Waals surface area contributed by atoms with Crippen LogP contribution in [0.3, 0.4) is 0 Å². The maximum Gasteiger partial charge on any atom is 0.289 e. The van der Waals surface area contributed by atoms with Crippen LogP contribution < -0.4 is 0 Å². The quantitative estimate of drug-likeness (QED) is 0.846. The molecule has 2 aromatic rings. The molecule has 106 valence electrons. The Bertz CT molecular complexity index is 589. The average molecular weight is 275 g/mol. The summed E-state index contributed by atoms with van der Waals surface area (Å²) in [5.74, 6) is 0.416. The van der Waals surface area contributed by atoms with E-state index >= 15 is 0 Å². The second kappa shape index (κ2) is 5.90. The Labute approximate surface area is 118 Å². The Hall–Kier alpha value is -2.10. The van der Waals surface area contributed by atoms with Crippen molar-refractivity contribution >= 4 is 5.91 Å². The largest absolute Gasteiger partial charge is 0.451 e. The van der Waals surface area contributed by atoms with E-state index in [1.54, 1.807) is 36.2 Å². The average Bonchev–Trinajstić information content (AvgIpc) is 2.95. The smallest absolute Gasteiger partial charge is 0.289 e. The Balaban J connectivity index is 2.20. The van der Waals surface area contributed by atoms with Crippen LogP contribution >= 0.6 is 0 Å². The summed E-state index contributed by atoms with van der Waals surface area (Å²) < 4.78 is 18.5. The van der Waals surface area contributed by atoms with Crippen molar-refractivity contribution in [3.63, 3.8) is 0 Å². The molecule has 0 fully saturated rings. The fourth-order valence-corrected chi connectivity index (χ4v) is 1.87. The molecule has 0 spiro atoms. The number of nitrogens with zero attached hydrogens (tertiary/aromatic N) is 1. The van der Waals surface area contributed by atoms with Gasteiger partial charge < -0.3 is 9.32 Å². The van der Waals surface area contributed by atoms with Gasteiger partial charge in [0.25, 0.3) is 5.91 Å². The van der Waals surface area contributed by atoms with Crippen LogP contribution in [0.4, 0.5) is 4.39 Å². The van der Waals surface area contributed by atoms with E-state index in [4.69, 9.17) is 4.42 Å². The van der Waals surface area contributed by atoms with Gasteiger partial charge in [0.2, 0.25) is 0 Å². The van der Waals surface area contributed by atoms with Crippen molar-refractivity contribution in [3.8, 4) is 11.3 Å². The van der Waals surface area contributed by atoms with E-state index in [1.165, 1.54) is 12.1 Å². The van der Waals surface area contributed by atoms with Gasteiger partial charge in [-0.1, -0.05) is 6.92 Å². The summed E-state index contributed by atoms with van der Waals surface area (Å²) in [7, 11) is 1.76. The number of furan rings is 1. The lowest BCUT2D eigenvalue weighted by atomic mass is 10.2. The van der Waals surface area contributed by atoms with Crippen molar-refractivity contribution in [2.75, 3.05) is 7.05 Å². The molecule has 1 amide bonds. The zero-order valence-corrected chi connectivity index (χ0v) is 11.9. The van der Waals surface area contributed by atoms with Crippen molar-refractivity contribution in [3.05, 3.63) is 48.0 Å². The molecule has 2 rings (SSSR count). The molecular weight excluding hydrogens is 257 g/mol. The van der Waals surface area contributed by atoms with Gasteiger partial charge in [-0.25, -0.2) is 4.39 Å². The van der Waals surface area contributed by atoms with E-state index in [2.05, 4.69) is 0 Å². The first-order valence-corrected chi connectivity index (χ1v) is 6.66. The van der Waals surface area contributed by atoms with Gasteiger partial charge in [0.15, 0.2) is 5.76 Å². The molecule has 0 aliphatic rings. The van der Waals surface area contributed by atoms with E-state index < -0.39 is 0 Å². The molecule has 1 heterocycles. The Kier molecular flexibility index (Phi) is 4.23. The molecule has 0 radical (unpaired) electrons. The van der Waals surface area contributed by atoms with E-state index in [1.807, 2.05) is 13.8 Å². The van der Waals surface area contributed by atoms with Crippen LogP contribution in [0.25, 0.3) is 11.3 Å². The lowest BCUT2D eigenvalue weighted by molar-refractivity contribution is 0.0709. The topological polar surface area (TPSA) is 33.5 Å². The SMILES string of the molecule is CCC(C)N(C)C(=O)c1ccc(-c2ccc(F)cc2)o1. The second-order valence-electron chi connectivity index (χ2n) is 4.84. The number of benzene rings is 1. The van der Waals surface area contributed by atoms with Gasteiger partial charge in [0, 0.05) is 18.7 Å². The number of carbonyl (C=O) groups excluding carboxylic acids is 1. The molecule has 0 aliphatic carbocycles. The maximum absolute atomic E-state index is 12.9. The third-order valence-electron chi connectivity index (χ3n) is 3.52. The van der Waals surface area contributed by atoms with Gasteiger partial charge in [0.05, 0.1) is 0 Å². The molecule has 1 aromatic carbocycles. The molecule has 1 atom stereocenters. The minimum atomic E-state index is -0.298. The van der Waals surface area contributed by atoms with Crippen LogP contribution in [-0.2, 0) is 0 Å². The van der Waals surface area contributed by atoms with Crippen LogP contribution in [-0.4, -0.2) is 23.9 Å².